The van der Waals surface area contributed by atoms with E-state index in [1.807, 2.05) is 0 Å². The van der Waals surface area contributed by atoms with Crippen LogP contribution in [0.1, 0.15) is 47.2 Å². The highest BCUT2D eigenvalue weighted by molar-refractivity contribution is 6.15. The number of aliphatic hydroxyl groups excluding tert-OH is 4. The lowest BCUT2D eigenvalue weighted by Crippen LogP contribution is -2.59. The molecule has 8 atom stereocenters. The van der Waals surface area contributed by atoms with Crippen LogP contribution in [0.25, 0.3) is 0 Å². The monoisotopic (exact) mass is 836 g/mol. The molecule has 0 bridgehead atoms. The highest BCUT2D eigenvalue weighted by atomic mass is 16.7. The molecule has 1 saturated heterocycles. The lowest BCUT2D eigenvalue weighted by molar-refractivity contribution is -0.298. The van der Waals surface area contributed by atoms with Crippen molar-refractivity contribution in [3.63, 3.8) is 0 Å². The van der Waals surface area contributed by atoms with Crippen molar-refractivity contribution in [3.05, 3.63) is 95.1 Å². The number of Topliss-reactive ketones (excluding diaryl/α,β-unsaturated/α-hetero) is 1. The minimum absolute atomic E-state index is 0.0609. The summed E-state index contributed by atoms with van der Waals surface area (Å²) in [6.45, 7) is 1.09. The molecule has 1 fully saturated rings. The smallest absolute Gasteiger partial charge is 0.355 e. The maximum atomic E-state index is 14.9. The van der Waals surface area contributed by atoms with Crippen LogP contribution >= 0.6 is 0 Å². The number of unbranched alkanes of at least 4 members (excludes halogenated alkanes) is 1. The van der Waals surface area contributed by atoms with Crippen molar-refractivity contribution in [2.45, 2.75) is 62.0 Å². The largest absolute Gasteiger partial charge is 0.497 e. The first-order valence-electron chi connectivity index (χ1n) is 19.3. The van der Waals surface area contributed by atoms with Crippen LogP contribution in [-0.4, -0.2) is 129 Å². The molecule has 5 rings (SSSR count). The van der Waals surface area contributed by atoms with Gasteiger partial charge in [-0.15, -0.1) is 0 Å². The fourth-order valence-electron chi connectivity index (χ4n) is 7.30. The Labute approximate surface area is 347 Å². The van der Waals surface area contributed by atoms with Crippen LogP contribution in [0, 0.1) is 5.92 Å². The van der Waals surface area contributed by atoms with Crippen molar-refractivity contribution < 1.29 is 72.8 Å². The Morgan fingerprint density at radius 1 is 0.833 bits per heavy atom. The molecule has 0 spiro atoms. The molecule has 2 aliphatic rings. The fraction of sp³-hybridized carbons (Fsp3) is 0.442. The molecule has 6 N–H and O–H groups in total. The summed E-state index contributed by atoms with van der Waals surface area (Å²) < 4.78 is 39.5. The van der Waals surface area contributed by atoms with Crippen LogP contribution < -0.4 is 29.6 Å². The first-order valence-corrected chi connectivity index (χ1v) is 19.3. The third-order valence-corrected chi connectivity index (χ3v) is 10.6. The number of amides is 2. The van der Waals surface area contributed by atoms with Crippen molar-refractivity contribution in [3.8, 4) is 23.0 Å². The number of methoxy groups -OCH3 is 4. The second-order valence-electron chi connectivity index (χ2n) is 14.2. The molecular weight excluding hydrogens is 784 g/mol. The number of rotatable bonds is 17. The van der Waals surface area contributed by atoms with E-state index in [-0.39, 0.29) is 53.6 Å². The van der Waals surface area contributed by atoms with Crippen LogP contribution in [0.3, 0.4) is 0 Å². The molecule has 0 radical (unpaired) electrons. The third-order valence-electron chi connectivity index (χ3n) is 10.6. The Hall–Kier alpha value is -5.56. The number of benzene rings is 3. The van der Waals surface area contributed by atoms with Crippen LogP contribution in [0.5, 0.6) is 23.0 Å². The molecule has 3 aromatic rings. The topological polar surface area (TPSA) is 238 Å². The zero-order valence-electron chi connectivity index (χ0n) is 34.0. The lowest BCUT2D eigenvalue weighted by atomic mass is 9.68. The Morgan fingerprint density at radius 3 is 2.12 bits per heavy atom. The van der Waals surface area contributed by atoms with Gasteiger partial charge >= 0.3 is 5.97 Å². The average molecular weight is 837 g/mol. The Morgan fingerprint density at radius 2 is 1.50 bits per heavy atom. The molecule has 324 valence electrons. The standard InChI is InChI=1S/C43H52N2O15/c1-24(17-20-58-41-38(50)37(49)35(47)31(23-46)59-41)39(51)44-18-9-10-19-45-40(52)33-34(25-11-7-6-8-12-25)43(42(53)57-5,26-13-15-27(54-2)16-14-26)60-30-22-28(55-3)21-29(56-4)32(30)36(33)48/h6-8,11-17,21-22,31,33-35,37-38,41,46-47,49-50H,9-10,18-20,23H2,1-5H3,(H,44,51)(H,45,52)/b24-17+/t31-,33-,34-,35-,37+,38-,41-,43+/m1/s1. The van der Waals surface area contributed by atoms with Gasteiger partial charge in [0.2, 0.25) is 17.4 Å². The second-order valence-corrected chi connectivity index (χ2v) is 14.2. The number of aliphatic hydroxyl groups is 4. The van der Waals surface area contributed by atoms with E-state index in [0.717, 1.165) is 0 Å². The Kier molecular flexibility index (Phi) is 15.6. The Bertz CT molecular complexity index is 1990. The molecule has 17 nitrogen and oxygen atoms in total. The van der Waals surface area contributed by atoms with Gasteiger partial charge in [-0.1, -0.05) is 48.5 Å². The lowest BCUT2D eigenvalue weighted by Gasteiger charge is -2.40. The van der Waals surface area contributed by atoms with Gasteiger partial charge in [0.15, 0.2) is 12.1 Å². The number of hydrogen-bond acceptors (Lipinski definition) is 15. The fourth-order valence-corrected chi connectivity index (χ4v) is 7.30. The zero-order chi connectivity index (χ0) is 43.6. The number of hydrogen-bond donors (Lipinski definition) is 6. The summed E-state index contributed by atoms with van der Waals surface area (Å²) in [4.78, 5) is 56.7. The van der Waals surface area contributed by atoms with Gasteiger partial charge < -0.3 is 64.2 Å². The predicted molar refractivity (Wildman–Crippen MR) is 213 cm³/mol. The molecule has 2 heterocycles. The van der Waals surface area contributed by atoms with E-state index in [1.54, 1.807) is 61.5 Å². The normalized spacial score (nSPS) is 25.2. The van der Waals surface area contributed by atoms with Crippen LogP contribution in [-0.2, 0) is 34.2 Å². The maximum absolute atomic E-state index is 14.9. The quantitative estimate of drug-likeness (QED) is 0.0490. The molecule has 0 aliphatic carbocycles. The number of esters is 1. The summed E-state index contributed by atoms with van der Waals surface area (Å²) in [5.41, 5.74) is -1.17. The van der Waals surface area contributed by atoms with Crippen molar-refractivity contribution in [2.24, 2.45) is 5.92 Å². The molecule has 3 aromatic carbocycles. The van der Waals surface area contributed by atoms with Gasteiger partial charge in [0, 0.05) is 36.4 Å². The zero-order valence-corrected chi connectivity index (χ0v) is 34.0. The molecule has 17 heteroatoms. The summed E-state index contributed by atoms with van der Waals surface area (Å²) in [5, 5.41) is 45.1. The summed E-state index contributed by atoms with van der Waals surface area (Å²) >= 11 is 0. The average Bonchev–Trinajstić information content (AvgIpc) is 3.39. The van der Waals surface area contributed by atoms with Gasteiger partial charge in [-0.05, 0) is 37.5 Å². The maximum Gasteiger partial charge on any atom is 0.355 e. The van der Waals surface area contributed by atoms with E-state index in [4.69, 9.17) is 33.2 Å². The summed E-state index contributed by atoms with van der Waals surface area (Å²) in [6.07, 6.45) is -4.90. The molecular formula is C43H52N2O15. The van der Waals surface area contributed by atoms with Gasteiger partial charge in [0.1, 0.15) is 58.9 Å². The van der Waals surface area contributed by atoms with E-state index >= 15 is 0 Å². The minimum atomic E-state index is -2.11. The van der Waals surface area contributed by atoms with E-state index in [0.29, 0.717) is 24.2 Å². The molecule has 0 aromatic heterocycles. The summed E-state index contributed by atoms with van der Waals surface area (Å²) in [7, 11) is 5.48. The van der Waals surface area contributed by atoms with Crippen molar-refractivity contribution in [1.82, 2.24) is 10.6 Å². The number of ether oxygens (including phenoxy) is 7. The first kappa shape index (κ1) is 45.5. The number of nitrogens with one attached hydrogen (secondary N) is 2. The van der Waals surface area contributed by atoms with Crippen LogP contribution in [0.15, 0.2) is 78.4 Å². The van der Waals surface area contributed by atoms with Gasteiger partial charge in [-0.2, -0.15) is 0 Å². The van der Waals surface area contributed by atoms with Crippen molar-refractivity contribution in [2.75, 3.05) is 54.7 Å². The number of carbonyl (C=O) groups is 4. The SMILES string of the molecule is COC(=O)[C@@]1(c2ccc(OC)cc2)Oc2cc(OC)cc(OC)c2C(=O)[C@H](C(=O)NCCCCNC(=O)/C(C)=C/CO[C@@H]2O[C@H](CO)[C@@H](O)[C@H](O)[C@H]2O)[C@H]1c1ccccc1. The predicted octanol–water partition coefficient (Wildman–Crippen LogP) is 1.53. The molecule has 2 amide bonds. The van der Waals surface area contributed by atoms with Crippen LogP contribution in [0.2, 0.25) is 0 Å². The highest BCUT2D eigenvalue weighted by Gasteiger charge is 2.60. The van der Waals surface area contributed by atoms with Gasteiger partial charge in [0.25, 0.3) is 0 Å². The summed E-state index contributed by atoms with van der Waals surface area (Å²) in [5.74, 6) is -4.72. The van der Waals surface area contributed by atoms with E-state index in [9.17, 15) is 39.6 Å². The van der Waals surface area contributed by atoms with Gasteiger partial charge in [-0.3, -0.25) is 14.4 Å². The van der Waals surface area contributed by atoms with Crippen molar-refractivity contribution in [1.29, 1.82) is 0 Å². The molecule has 2 aliphatic heterocycles. The van der Waals surface area contributed by atoms with E-state index < -0.39 is 78.3 Å². The third kappa shape index (κ3) is 9.57. The van der Waals surface area contributed by atoms with E-state index in [2.05, 4.69) is 10.6 Å². The Balaban J connectivity index is 1.35. The van der Waals surface area contributed by atoms with E-state index in [1.165, 1.54) is 46.6 Å². The van der Waals surface area contributed by atoms with Crippen LogP contribution in [0.4, 0.5) is 0 Å². The number of fused-ring (bicyclic) bond motifs is 1. The molecule has 0 saturated carbocycles. The van der Waals surface area contributed by atoms with Gasteiger partial charge in [-0.25, -0.2) is 4.79 Å². The van der Waals surface area contributed by atoms with Crippen molar-refractivity contribution >= 4 is 23.6 Å². The molecule has 60 heavy (non-hydrogen) atoms. The van der Waals surface area contributed by atoms with Gasteiger partial charge in [0.05, 0.1) is 47.6 Å². The number of carbonyl (C=O) groups excluding carboxylic acids is 4. The first-order chi connectivity index (χ1) is 28.9. The highest BCUT2D eigenvalue weighted by Crippen LogP contribution is 2.53. The number of ketones is 1. The molecule has 0 unspecified atom stereocenters. The summed E-state index contributed by atoms with van der Waals surface area (Å²) in [6, 6.07) is 18.1. The second kappa shape index (κ2) is 20.6. The minimum Gasteiger partial charge on any atom is -0.497 e.